The zero-order valence-electron chi connectivity index (χ0n) is 24.0. The number of aromatic nitrogens is 2. The molecule has 42 heavy (non-hydrogen) atoms. The van der Waals surface area contributed by atoms with E-state index in [9.17, 15) is 22.8 Å². The Bertz CT molecular complexity index is 1250. The Kier molecular flexibility index (Phi) is 9.28. The molecule has 0 radical (unpaired) electrons. The maximum Gasteiger partial charge on any atom is 0.434 e. The summed E-state index contributed by atoms with van der Waals surface area (Å²) in [4.78, 5) is 31.7. The number of nitrogens with one attached hydrogen (secondary N) is 2. The first kappa shape index (κ1) is 31.4. The lowest BCUT2D eigenvalue weighted by Crippen LogP contribution is -2.57. The van der Waals surface area contributed by atoms with Crippen molar-refractivity contribution in [2.75, 3.05) is 25.1 Å². The summed E-state index contributed by atoms with van der Waals surface area (Å²) in [6.07, 6.45) is -4.45. The van der Waals surface area contributed by atoms with Crippen LogP contribution in [0.1, 0.15) is 45.9 Å². The molecule has 2 saturated heterocycles. The number of benzene rings is 1. The lowest BCUT2D eigenvalue weighted by molar-refractivity contribution is -0.157. The van der Waals surface area contributed by atoms with E-state index < -0.39 is 53.6 Å². The summed E-state index contributed by atoms with van der Waals surface area (Å²) in [5.41, 5.74) is -0.991. The minimum atomic E-state index is -4.63. The Labute approximate surface area is 241 Å². The van der Waals surface area contributed by atoms with E-state index >= 15 is 0 Å². The van der Waals surface area contributed by atoms with Crippen LogP contribution in [0.5, 0.6) is 5.75 Å². The van der Waals surface area contributed by atoms with Crippen molar-refractivity contribution < 1.29 is 46.4 Å². The second kappa shape index (κ2) is 12.4. The average molecular weight is 597 g/mol. The Morgan fingerprint density at radius 1 is 1.07 bits per heavy atom. The SMILES string of the molecule is CC(C)(C)OC(=O)COc1ccc(CC(=O)NC[C@H]2OC[C@H](Nc3cncc(C(F)(F)F)n3)[C@H]3OC(C)(C)O[C@H]32)cc1. The molecule has 2 N–H and O–H groups in total. The van der Waals surface area contributed by atoms with E-state index in [1.165, 1.54) is 6.20 Å². The lowest BCUT2D eigenvalue weighted by atomic mass is 9.98. The molecule has 0 saturated carbocycles. The summed E-state index contributed by atoms with van der Waals surface area (Å²) in [5, 5.41) is 5.77. The van der Waals surface area contributed by atoms with E-state index in [4.69, 9.17) is 23.7 Å². The summed E-state index contributed by atoms with van der Waals surface area (Å²) in [5.74, 6) is -1.32. The summed E-state index contributed by atoms with van der Waals surface area (Å²) in [7, 11) is 0. The number of hydrogen-bond acceptors (Lipinski definition) is 10. The maximum absolute atomic E-state index is 13.1. The molecule has 2 aliphatic heterocycles. The fourth-order valence-electron chi connectivity index (χ4n) is 4.57. The molecule has 230 valence electrons. The van der Waals surface area contributed by atoms with Crippen molar-refractivity contribution in [1.29, 1.82) is 0 Å². The lowest BCUT2D eigenvalue weighted by Gasteiger charge is -2.37. The molecule has 4 atom stereocenters. The number of nitrogens with zero attached hydrogens (tertiary/aromatic N) is 2. The van der Waals surface area contributed by atoms with Crippen LogP contribution in [0, 0.1) is 0 Å². The number of alkyl halides is 3. The Morgan fingerprint density at radius 2 is 1.76 bits per heavy atom. The van der Waals surface area contributed by atoms with Gasteiger partial charge in [-0.15, -0.1) is 0 Å². The van der Waals surface area contributed by atoms with Crippen LogP contribution in [0.2, 0.25) is 0 Å². The quantitative estimate of drug-likeness (QED) is 0.416. The summed E-state index contributed by atoms with van der Waals surface area (Å²) < 4.78 is 67.9. The van der Waals surface area contributed by atoms with Gasteiger partial charge < -0.3 is 34.3 Å². The van der Waals surface area contributed by atoms with Gasteiger partial charge in [-0.1, -0.05) is 12.1 Å². The fraction of sp³-hybridized carbons (Fsp3) is 0.571. The fourth-order valence-corrected chi connectivity index (χ4v) is 4.57. The van der Waals surface area contributed by atoms with Gasteiger partial charge in [-0.05, 0) is 52.3 Å². The monoisotopic (exact) mass is 596 g/mol. The minimum Gasteiger partial charge on any atom is -0.482 e. The van der Waals surface area contributed by atoms with Gasteiger partial charge in [-0.3, -0.25) is 9.78 Å². The van der Waals surface area contributed by atoms with Gasteiger partial charge in [-0.2, -0.15) is 13.2 Å². The highest BCUT2D eigenvalue weighted by molar-refractivity contribution is 5.78. The van der Waals surface area contributed by atoms with Crippen molar-refractivity contribution in [3.8, 4) is 5.75 Å². The van der Waals surface area contributed by atoms with Crippen molar-refractivity contribution in [3.05, 3.63) is 47.9 Å². The van der Waals surface area contributed by atoms with Crippen LogP contribution in [0.3, 0.4) is 0 Å². The summed E-state index contributed by atoms with van der Waals surface area (Å²) in [6, 6.07) is 6.20. The maximum atomic E-state index is 13.1. The summed E-state index contributed by atoms with van der Waals surface area (Å²) in [6.45, 7) is 8.74. The van der Waals surface area contributed by atoms with E-state index in [2.05, 4.69) is 20.6 Å². The molecule has 4 rings (SSSR count). The molecule has 2 aromatic rings. The van der Waals surface area contributed by atoms with Crippen molar-refractivity contribution in [2.24, 2.45) is 0 Å². The van der Waals surface area contributed by atoms with Crippen LogP contribution in [0.25, 0.3) is 0 Å². The highest BCUT2D eigenvalue weighted by atomic mass is 19.4. The molecular weight excluding hydrogens is 561 g/mol. The molecule has 1 amide bonds. The number of esters is 1. The predicted octanol–water partition coefficient (Wildman–Crippen LogP) is 3.27. The number of halogens is 3. The van der Waals surface area contributed by atoms with Crippen molar-refractivity contribution in [3.63, 3.8) is 0 Å². The molecular formula is C28H35F3N4O7. The average Bonchev–Trinajstić information content (AvgIpc) is 3.22. The largest absolute Gasteiger partial charge is 0.482 e. The minimum absolute atomic E-state index is 0.0708. The number of amides is 1. The first-order valence-electron chi connectivity index (χ1n) is 13.4. The molecule has 3 heterocycles. The summed E-state index contributed by atoms with van der Waals surface area (Å²) >= 11 is 0. The van der Waals surface area contributed by atoms with Gasteiger partial charge in [0.1, 0.15) is 35.5 Å². The number of carbonyl (C=O) groups is 2. The topological polar surface area (TPSA) is 130 Å². The Balaban J connectivity index is 1.29. The van der Waals surface area contributed by atoms with Gasteiger partial charge in [-0.25, -0.2) is 9.78 Å². The highest BCUT2D eigenvalue weighted by Gasteiger charge is 2.52. The van der Waals surface area contributed by atoms with Crippen LogP contribution >= 0.6 is 0 Å². The Morgan fingerprint density at radius 3 is 2.43 bits per heavy atom. The van der Waals surface area contributed by atoms with Crippen LogP contribution < -0.4 is 15.4 Å². The van der Waals surface area contributed by atoms with E-state index in [0.717, 1.165) is 5.56 Å². The van der Waals surface area contributed by atoms with Crippen molar-refractivity contribution in [2.45, 2.75) is 83.0 Å². The van der Waals surface area contributed by atoms with Gasteiger partial charge in [0, 0.05) is 6.54 Å². The third-order valence-electron chi connectivity index (χ3n) is 6.24. The molecule has 0 bridgehead atoms. The first-order chi connectivity index (χ1) is 19.6. The molecule has 11 nitrogen and oxygen atoms in total. The zero-order chi connectivity index (χ0) is 30.7. The van der Waals surface area contributed by atoms with Crippen LogP contribution in [0.15, 0.2) is 36.7 Å². The van der Waals surface area contributed by atoms with Gasteiger partial charge in [0.15, 0.2) is 18.1 Å². The number of anilines is 1. The van der Waals surface area contributed by atoms with Gasteiger partial charge in [0.05, 0.1) is 31.5 Å². The van der Waals surface area contributed by atoms with E-state index in [0.29, 0.717) is 11.9 Å². The van der Waals surface area contributed by atoms with Gasteiger partial charge in [0.25, 0.3) is 0 Å². The second-order valence-corrected chi connectivity index (χ2v) is 11.5. The number of fused-ring (bicyclic) bond motifs is 1. The number of rotatable bonds is 9. The smallest absolute Gasteiger partial charge is 0.434 e. The predicted molar refractivity (Wildman–Crippen MR) is 143 cm³/mol. The number of hydrogen-bond donors (Lipinski definition) is 2. The third kappa shape index (κ3) is 8.76. The molecule has 2 fully saturated rings. The number of ether oxygens (including phenoxy) is 5. The van der Waals surface area contributed by atoms with E-state index in [1.54, 1.807) is 58.9 Å². The normalized spacial score (nSPS) is 23.5. The van der Waals surface area contributed by atoms with Crippen LogP contribution in [0.4, 0.5) is 19.0 Å². The molecule has 14 heteroatoms. The standard InChI is InChI=1S/C28H35F3N4O7/c1-26(2,3)40-23(37)15-38-17-8-6-16(7-9-17)10-22(36)33-11-19-25-24(41-27(4,5)42-25)18(14-39-19)34-21-13-32-12-20(35-21)28(29,30)31/h6-9,12-13,18-19,24-25H,10-11,14-15H2,1-5H3,(H,33,36)(H,34,35)/t18-,19+,24+,25-/m0/s1. The van der Waals surface area contributed by atoms with Gasteiger partial charge in [0.2, 0.25) is 5.91 Å². The van der Waals surface area contributed by atoms with Crippen molar-refractivity contribution in [1.82, 2.24) is 15.3 Å². The molecule has 1 aromatic carbocycles. The molecule has 0 spiro atoms. The molecule has 0 unspecified atom stereocenters. The Hall–Kier alpha value is -3.49. The van der Waals surface area contributed by atoms with E-state index in [-0.39, 0.29) is 37.9 Å². The third-order valence-corrected chi connectivity index (χ3v) is 6.24. The highest BCUT2D eigenvalue weighted by Crippen LogP contribution is 2.36. The van der Waals surface area contributed by atoms with E-state index in [1.807, 2.05) is 0 Å². The second-order valence-electron chi connectivity index (χ2n) is 11.5. The first-order valence-corrected chi connectivity index (χ1v) is 13.4. The molecule has 1 aromatic heterocycles. The van der Waals surface area contributed by atoms with Crippen LogP contribution in [-0.4, -0.2) is 77.3 Å². The molecule has 0 aliphatic carbocycles. The number of carbonyl (C=O) groups excluding carboxylic acids is 2. The van der Waals surface area contributed by atoms with Gasteiger partial charge >= 0.3 is 12.1 Å². The van der Waals surface area contributed by atoms with Crippen molar-refractivity contribution >= 4 is 17.7 Å². The molecule has 2 aliphatic rings. The zero-order valence-corrected chi connectivity index (χ0v) is 24.0. The van der Waals surface area contributed by atoms with Crippen LogP contribution in [-0.2, 0) is 41.1 Å².